The highest BCUT2D eigenvalue weighted by molar-refractivity contribution is 7.91. The molecule has 3 aromatic carbocycles. The highest BCUT2D eigenvalue weighted by atomic mass is 32.2. The van der Waals surface area contributed by atoms with Crippen LogP contribution in [0.25, 0.3) is 11.3 Å². The van der Waals surface area contributed by atoms with Gasteiger partial charge in [0, 0.05) is 17.7 Å². The van der Waals surface area contributed by atoms with Crippen LogP contribution in [0.1, 0.15) is 58.2 Å². The van der Waals surface area contributed by atoms with Crippen molar-refractivity contribution in [1.29, 1.82) is 0 Å². The molecule has 1 saturated heterocycles. The maximum absolute atomic E-state index is 14.3. The number of hydrogen-bond donors (Lipinski definition) is 0. The quantitative estimate of drug-likeness (QED) is 0.315. The van der Waals surface area contributed by atoms with Crippen LogP contribution in [0, 0.1) is 6.92 Å². The van der Waals surface area contributed by atoms with Crippen LogP contribution in [0.3, 0.4) is 0 Å². The fraction of sp³-hybridized carbons (Fsp3) is 0.290. The molecular formula is C31H31N3O4S. The number of benzene rings is 3. The summed E-state index contributed by atoms with van der Waals surface area (Å²) in [5.74, 6) is 0.691. The lowest BCUT2D eigenvalue weighted by Crippen LogP contribution is -2.30. The van der Waals surface area contributed by atoms with E-state index in [0.29, 0.717) is 31.0 Å². The highest BCUT2D eigenvalue weighted by Crippen LogP contribution is 2.46. The number of amides is 1. The van der Waals surface area contributed by atoms with Crippen LogP contribution in [0.15, 0.2) is 78.9 Å². The summed E-state index contributed by atoms with van der Waals surface area (Å²) in [7, 11) is -3.18. The largest absolute Gasteiger partial charge is 0.494 e. The number of sulfone groups is 1. The predicted octanol–water partition coefficient (Wildman–Crippen LogP) is 5.36. The molecule has 6 rings (SSSR count). The Bertz CT molecular complexity index is 1630. The van der Waals surface area contributed by atoms with Crippen LogP contribution < -0.4 is 4.74 Å². The summed E-state index contributed by atoms with van der Waals surface area (Å²) in [5.41, 5.74) is 5.98. The fourth-order valence-corrected chi connectivity index (χ4v) is 7.41. The van der Waals surface area contributed by atoms with Crippen molar-refractivity contribution in [3.63, 3.8) is 0 Å². The third kappa shape index (κ3) is 4.74. The van der Waals surface area contributed by atoms with Crippen LogP contribution >= 0.6 is 0 Å². The standard InChI is InChI=1S/C31H31N3O4S/c1-3-38-26-11-7-10-24(18-26)29-27-28(23-14-12-21(2)13-15-23)32-34(25-16-17-39(36,37)20-25)30(27)31(35)33(29)19-22-8-5-4-6-9-22/h4-15,18,25,29H,3,16-17,19-20H2,1-2H3. The zero-order valence-electron chi connectivity index (χ0n) is 22.1. The first-order valence-electron chi connectivity index (χ1n) is 13.3. The third-order valence-electron chi connectivity index (χ3n) is 7.56. The Balaban J connectivity index is 1.57. The number of aromatic nitrogens is 2. The molecule has 2 unspecified atom stereocenters. The van der Waals surface area contributed by atoms with Gasteiger partial charge in [-0.25, -0.2) is 8.42 Å². The average Bonchev–Trinajstić information content (AvgIpc) is 3.57. The first-order chi connectivity index (χ1) is 18.8. The molecule has 7 nitrogen and oxygen atoms in total. The first-order valence-corrected chi connectivity index (χ1v) is 15.1. The number of rotatable bonds is 7. The highest BCUT2D eigenvalue weighted by Gasteiger charge is 2.46. The van der Waals surface area contributed by atoms with Crippen LogP contribution in [0.5, 0.6) is 5.75 Å². The smallest absolute Gasteiger partial charge is 0.273 e. The van der Waals surface area contributed by atoms with E-state index in [1.807, 2.05) is 97.6 Å². The predicted molar refractivity (Wildman–Crippen MR) is 150 cm³/mol. The summed E-state index contributed by atoms with van der Waals surface area (Å²) in [6.45, 7) is 4.92. The molecule has 1 amide bonds. The molecule has 4 aromatic rings. The zero-order chi connectivity index (χ0) is 27.1. The Morgan fingerprint density at radius 3 is 2.46 bits per heavy atom. The summed E-state index contributed by atoms with van der Waals surface area (Å²) >= 11 is 0. The molecule has 200 valence electrons. The number of nitrogens with zero attached hydrogens (tertiary/aromatic N) is 3. The van der Waals surface area contributed by atoms with Crippen molar-refractivity contribution < 1.29 is 17.9 Å². The van der Waals surface area contributed by atoms with Gasteiger partial charge in [-0.3, -0.25) is 9.48 Å². The minimum atomic E-state index is -3.18. The minimum Gasteiger partial charge on any atom is -0.494 e. The van der Waals surface area contributed by atoms with Gasteiger partial charge in [0.05, 0.1) is 35.9 Å². The van der Waals surface area contributed by atoms with Crippen LogP contribution in [-0.2, 0) is 16.4 Å². The molecule has 39 heavy (non-hydrogen) atoms. The number of carbonyl (C=O) groups is 1. The summed E-state index contributed by atoms with van der Waals surface area (Å²) < 4.78 is 32.4. The number of aryl methyl sites for hydroxylation is 1. The van der Waals surface area contributed by atoms with Gasteiger partial charge in [0.2, 0.25) is 0 Å². The van der Waals surface area contributed by atoms with Gasteiger partial charge < -0.3 is 9.64 Å². The van der Waals surface area contributed by atoms with E-state index in [1.54, 1.807) is 4.68 Å². The Morgan fingerprint density at radius 1 is 1.00 bits per heavy atom. The van der Waals surface area contributed by atoms with Crippen molar-refractivity contribution in [1.82, 2.24) is 14.7 Å². The van der Waals surface area contributed by atoms with E-state index in [2.05, 4.69) is 0 Å². The van der Waals surface area contributed by atoms with Crippen molar-refractivity contribution in [3.05, 3.63) is 107 Å². The van der Waals surface area contributed by atoms with Crippen molar-refractivity contribution >= 4 is 15.7 Å². The molecule has 0 spiro atoms. The number of ether oxygens (including phenoxy) is 1. The fourth-order valence-electron chi connectivity index (χ4n) is 5.72. The van der Waals surface area contributed by atoms with E-state index in [-0.39, 0.29) is 23.5 Å². The Labute approximate surface area is 229 Å². The summed E-state index contributed by atoms with van der Waals surface area (Å²) in [4.78, 5) is 16.2. The second kappa shape index (κ2) is 10.0. The normalized spacial score (nSPS) is 19.8. The molecule has 0 bridgehead atoms. The Morgan fingerprint density at radius 2 is 1.77 bits per heavy atom. The van der Waals surface area contributed by atoms with Crippen molar-refractivity contribution in [2.24, 2.45) is 0 Å². The molecule has 2 aliphatic heterocycles. The summed E-state index contributed by atoms with van der Waals surface area (Å²) in [5, 5.41) is 4.98. The van der Waals surface area contributed by atoms with E-state index in [4.69, 9.17) is 9.84 Å². The van der Waals surface area contributed by atoms with Gasteiger partial charge in [-0.2, -0.15) is 5.10 Å². The minimum absolute atomic E-state index is 0.00901. The molecule has 1 fully saturated rings. The van der Waals surface area contributed by atoms with Crippen molar-refractivity contribution in [3.8, 4) is 17.0 Å². The maximum atomic E-state index is 14.3. The molecule has 2 atom stereocenters. The zero-order valence-corrected chi connectivity index (χ0v) is 22.9. The van der Waals surface area contributed by atoms with Crippen LogP contribution in [0.4, 0.5) is 0 Å². The van der Waals surface area contributed by atoms with Crippen LogP contribution in [0.2, 0.25) is 0 Å². The van der Waals surface area contributed by atoms with E-state index in [9.17, 15) is 13.2 Å². The van der Waals surface area contributed by atoms with E-state index < -0.39 is 15.9 Å². The second-order valence-corrected chi connectivity index (χ2v) is 12.5. The first kappa shape index (κ1) is 25.4. The second-order valence-electron chi connectivity index (χ2n) is 10.3. The summed E-state index contributed by atoms with van der Waals surface area (Å²) in [6.07, 6.45) is 0.445. The lowest BCUT2D eigenvalue weighted by Gasteiger charge is -2.27. The molecule has 0 aliphatic carbocycles. The van der Waals surface area contributed by atoms with Gasteiger partial charge in [0.1, 0.15) is 11.4 Å². The Hall–Kier alpha value is -3.91. The SMILES string of the molecule is CCOc1cccc(C2c3c(-c4ccc(C)cc4)nn(C4CCS(=O)(=O)C4)c3C(=O)N2Cc2ccccc2)c1. The number of fused-ring (bicyclic) bond motifs is 1. The van der Waals surface area contributed by atoms with Gasteiger partial charge in [-0.15, -0.1) is 0 Å². The third-order valence-corrected chi connectivity index (χ3v) is 9.31. The summed E-state index contributed by atoms with van der Waals surface area (Å²) in [6, 6.07) is 25.1. The topological polar surface area (TPSA) is 81.5 Å². The van der Waals surface area contributed by atoms with Gasteiger partial charge >= 0.3 is 0 Å². The molecule has 2 aliphatic rings. The van der Waals surface area contributed by atoms with Gasteiger partial charge in [0.15, 0.2) is 9.84 Å². The lowest BCUT2D eigenvalue weighted by atomic mass is 9.95. The molecule has 0 radical (unpaired) electrons. The van der Waals surface area contributed by atoms with E-state index in [1.165, 1.54) is 0 Å². The lowest BCUT2D eigenvalue weighted by molar-refractivity contribution is 0.0722. The molecule has 3 heterocycles. The van der Waals surface area contributed by atoms with E-state index >= 15 is 0 Å². The average molecular weight is 542 g/mol. The van der Waals surface area contributed by atoms with E-state index in [0.717, 1.165) is 33.6 Å². The van der Waals surface area contributed by atoms with Crippen LogP contribution in [-0.4, -0.2) is 47.1 Å². The molecular weight excluding hydrogens is 510 g/mol. The molecule has 0 saturated carbocycles. The van der Waals surface area contributed by atoms with Crippen molar-refractivity contribution in [2.75, 3.05) is 18.1 Å². The molecule has 8 heteroatoms. The number of hydrogen-bond acceptors (Lipinski definition) is 5. The maximum Gasteiger partial charge on any atom is 0.273 e. The molecule has 1 aromatic heterocycles. The van der Waals surface area contributed by atoms with Crippen molar-refractivity contribution in [2.45, 2.75) is 38.9 Å². The van der Waals surface area contributed by atoms with Gasteiger partial charge in [-0.1, -0.05) is 72.3 Å². The Kier molecular flexibility index (Phi) is 6.51. The monoisotopic (exact) mass is 541 g/mol. The van der Waals surface area contributed by atoms with Gasteiger partial charge in [0.25, 0.3) is 5.91 Å². The van der Waals surface area contributed by atoms with Gasteiger partial charge in [-0.05, 0) is 43.5 Å². The number of carbonyl (C=O) groups excluding carboxylic acids is 1. The molecule has 0 N–H and O–H groups in total.